The minimum absolute atomic E-state index is 0.134. The predicted octanol–water partition coefficient (Wildman–Crippen LogP) is 3.15. The lowest BCUT2D eigenvalue weighted by Crippen LogP contribution is -2.35. The van der Waals surface area contributed by atoms with E-state index in [4.69, 9.17) is 11.6 Å². The second-order valence-corrected chi connectivity index (χ2v) is 5.04. The number of rotatable bonds is 4. The molecule has 0 spiro atoms. The number of aryl methyl sites for hydroxylation is 1. The first-order valence-electron chi connectivity index (χ1n) is 6.08. The molecule has 1 aromatic rings. The largest absolute Gasteiger partial charge is 0.334 e. The molecule has 0 unspecified atom stereocenters. The fourth-order valence-electron chi connectivity index (χ4n) is 2.06. The number of halogens is 1. The van der Waals surface area contributed by atoms with Gasteiger partial charge in [-0.1, -0.05) is 12.1 Å². The molecule has 2 rings (SSSR count). The smallest absolute Gasteiger partial charge is 0.254 e. The fourth-order valence-corrected chi connectivity index (χ4v) is 2.25. The SMILES string of the molecule is Cc1cccc(C(=O)N(CCCl)C2CC2)c1C. The van der Waals surface area contributed by atoms with Gasteiger partial charge in [-0.2, -0.15) is 0 Å². The highest BCUT2D eigenvalue weighted by Crippen LogP contribution is 2.29. The minimum Gasteiger partial charge on any atom is -0.334 e. The molecule has 1 aliphatic carbocycles. The quantitative estimate of drug-likeness (QED) is 0.753. The Morgan fingerprint density at radius 2 is 2.12 bits per heavy atom. The third kappa shape index (κ3) is 2.63. The maximum Gasteiger partial charge on any atom is 0.254 e. The van der Waals surface area contributed by atoms with Gasteiger partial charge in [0.05, 0.1) is 0 Å². The first-order chi connectivity index (χ1) is 8.15. The number of hydrogen-bond donors (Lipinski definition) is 0. The molecule has 0 N–H and O–H groups in total. The average molecular weight is 252 g/mol. The maximum absolute atomic E-state index is 12.5. The van der Waals surface area contributed by atoms with Crippen LogP contribution in [0.5, 0.6) is 0 Å². The van der Waals surface area contributed by atoms with Crippen LogP contribution in [0.3, 0.4) is 0 Å². The first-order valence-corrected chi connectivity index (χ1v) is 6.61. The number of benzene rings is 1. The van der Waals surface area contributed by atoms with E-state index in [0.717, 1.165) is 29.5 Å². The predicted molar refractivity (Wildman–Crippen MR) is 70.7 cm³/mol. The Morgan fingerprint density at radius 1 is 1.41 bits per heavy atom. The Bertz CT molecular complexity index is 426. The van der Waals surface area contributed by atoms with Crippen LogP contribution in [-0.4, -0.2) is 29.3 Å². The summed E-state index contributed by atoms with van der Waals surface area (Å²) in [7, 11) is 0. The molecule has 0 aliphatic heterocycles. The van der Waals surface area contributed by atoms with Crippen molar-refractivity contribution < 1.29 is 4.79 Å². The topological polar surface area (TPSA) is 20.3 Å². The normalized spacial score (nSPS) is 14.8. The molecular weight excluding hydrogens is 234 g/mol. The highest BCUT2D eigenvalue weighted by molar-refractivity contribution is 6.18. The molecule has 1 aromatic carbocycles. The van der Waals surface area contributed by atoms with Gasteiger partial charge in [0.1, 0.15) is 0 Å². The van der Waals surface area contributed by atoms with Gasteiger partial charge in [0.15, 0.2) is 0 Å². The summed E-state index contributed by atoms with van der Waals surface area (Å²) in [5, 5.41) is 0. The zero-order valence-corrected chi connectivity index (χ0v) is 11.1. The molecular formula is C14H18ClNO. The van der Waals surface area contributed by atoms with Crippen LogP contribution in [0.1, 0.15) is 34.3 Å². The summed E-state index contributed by atoms with van der Waals surface area (Å²) in [6, 6.07) is 6.31. The van der Waals surface area contributed by atoms with Gasteiger partial charge in [-0.25, -0.2) is 0 Å². The Kier molecular flexibility index (Phi) is 3.72. The lowest BCUT2D eigenvalue weighted by Gasteiger charge is -2.22. The van der Waals surface area contributed by atoms with Gasteiger partial charge in [-0.3, -0.25) is 4.79 Å². The molecule has 0 bridgehead atoms. The van der Waals surface area contributed by atoms with Gasteiger partial charge in [0.25, 0.3) is 5.91 Å². The maximum atomic E-state index is 12.5. The van der Waals surface area contributed by atoms with Crippen LogP contribution < -0.4 is 0 Å². The number of carbonyl (C=O) groups is 1. The second kappa shape index (κ2) is 5.09. The van der Waals surface area contributed by atoms with Crippen molar-refractivity contribution in [3.05, 3.63) is 34.9 Å². The van der Waals surface area contributed by atoms with E-state index < -0.39 is 0 Å². The average Bonchev–Trinajstić information content (AvgIpc) is 3.13. The Labute approximate surface area is 108 Å². The summed E-state index contributed by atoms with van der Waals surface area (Å²) in [5.41, 5.74) is 3.07. The van der Waals surface area contributed by atoms with Gasteiger partial charge in [-0.05, 0) is 43.9 Å². The van der Waals surface area contributed by atoms with Crippen molar-refractivity contribution in [1.82, 2.24) is 4.90 Å². The van der Waals surface area contributed by atoms with Crippen molar-refractivity contribution in [1.29, 1.82) is 0 Å². The molecule has 1 aliphatic rings. The van der Waals surface area contributed by atoms with Gasteiger partial charge >= 0.3 is 0 Å². The summed E-state index contributed by atoms with van der Waals surface area (Å²) < 4.78 is 0. The van der Waals surface area contributed by atoms with Crippen molar-refractivity contribution in [3.8, 4) is 0 Å². The van der Waals surface area contributed by atoms with E-state index in [2.05, 4.69) is 0 Å². The molecule has 0 atom stereocenters. The van der Waals surface area contributed by atoms with Crippen LogP contribution in [0.4, 0.5) is 0 Å². The van der Waals surface area contributed by atoms with Crippen LogP contribution in [0.2, 0.25) is 0 Å². The van der Waals surface area contributed by atoms with E-state index in [0.29, 0.717) is 18.5 Å². The molecule has 0 radical (unpaired) electrons. The molecule has 2 nitrogen and oxygen atoms in total. The third-order valence-corrected chi connectivity index (χ3v) is 3.58. The molecule has 0 aromatic heterocycles. The number of alkyl halides is 1. The lowest BCUT2D eigenvalue weighted by molar-refractivity contribution is 0.0753. The summed E-state index contributed by atoms with van der Waals surface area (Å²) in [6.07, 6.45) is 2.24. The molecule has 1 fully saturated rings. The zero-order chi connectivity index (χ0) is 12.4. The molecule has 3 heteroatoms. The molecule has 92 valence electrons. The van der Waals surface area contributed by atoms with Gasteiger partial charge in [0, 0.05) is 24.0 Å². The van der Waals surface area contributed by atoms with E-state index in [-0.39, 0.29) is 5.91 Å². The van der Waals surface area contributed by atoms with E-state index in [9.17, 15) is 4.79 Å². The number of nitrogens with zero attached hydrogens (tertiary/aromatic N) is 1. The minimum atomic E-state index is 0.134. The Hall–Kier alpha value is -1.02. The zero-order valence-electron chi connectivity index (χ0n) is 10.4. The van der Waals surface area contributed by atoms with Gasteiger partial charge < -0.3 is 4.90 Å². The number of hydrogen-bond acceptors (Lipinski definition) is 1. The summed E-state index contributed by atoms with van der Waals surface area (Å²) in [6.45, 7) is 4.70. The molecule has 1 saturated carbocycles. The number of carbonyl (C=O) groups excluding carboxylic acids is 1. The molecule has 17 heavy (non-hydrogen) atoms. The molecule has 1 amide bonds. The van der Waals surface area contributed by atoms with Crippen molar-refractivity contribution in [2.75, 3.05) is 12.4 Å². The second-order valence-electron chi connectivity index (χ2n) is 4.67. The standard InChI is InChI=1S/C14H18ClNO/c1-10-4-3-5-13(11(10)2)14(17)16(9-8-15)12-6-7-12/h3-5,12H,6-9H2,1-2H3. The highest BCUT2D eigenvalue weighted by atomic mass is 35.5. The van der Waals surface area contributed by atoms with Crippen molar-refractivity contribution in [2.24, 2.45) is 0 Å². The Morgan fingerprint density at radius 3 is 2.71 bits per heavy atom. The van der Waals surface area contributed by atoms with Crippen LogP contribution in [0, 0.1) is 13.8 Å². The van der Waals surface area contributed by atoms with Crippen molar-refractivity contribution in [3.63, 3.8) is 0 Å². The van der Waals surface area contributed by atoms with Gasteiger partial charge in [0.2, 0.25) is 0 Å². The summed E-state index contributed by atoms with van der Waals surface area (Å²) in [5.74, 6) is 0.641. The van der Waals surface area contributed by atoms with Crippen molar-refractivity contribution in [2.45, 2.75) is 32.7 Å². The fraction of sp³-hybridized carbons (Fsp3) is 0.500. The molecule has 0 heterocycles. The highest BCUT2D eigenvalue weighted by Gasteiger charge is 2.33. The number of amides is 1. The van der Waals surface area contributed by atoms with Crippen LogP contribution in [-0.2, 0) is 0 Å². The molecule has 0 saturated heterocycles. The van der Waals surface area contributed by atoms with Crippen molar-refractivity contribution >= 4 is 17.5 Å². The monoisotopic (exact) mass is 251 g/mol. The van der Waals surface area contributed by atoms with Crippen LogP contribution in [0.25, 0.3) is 0 Å². The van der Waals surface area contributed by atoms with E-state index in [1.165, 1.54) is 0 Å². The van der Waals surface area contributed by atoms with Crippen LogP contribution >= 0.6 is 11.6 Å². The summed E-state index contributed by atoms with van der Waals surface area (Å²) in [4.78, 5) is 14.4. The van der Waals surface area contributed by atoms with E-state index in [1.807, 2.05) is 36.9 Å². The Balaban J connectivity index is 2.25. The first kappa shape index (κ1) is 12.4. The van der Waals surface area contributed by atoms with E-state index >= 15 is 0 Å². The lowest BCUT2D eigenvalue weighted by atomic mass is 10.0. The van der Waals surface area contributed by atoms with Crippen LogP contribution in [0.15, 0.2) is 18.2 Å². The third-order valence-electron chi connectivity index (χ3n) is 3.41. The van der Waals surface area contributed by atoms with Gasteiger partial charge in [-0.15, -0.1) is 11.6 Å². The summed E-state index contributed by atoms with van der Waals surface area (Å²) >= 11 is 5.78. The van der Waals surface area contributed by atoms with E-state index in [1.54, 1.807) is 0 Å².